The first-order valence-electron chi connectivity index (χ1n) is 6.50. The van der Waals surface area contributed by atoms with Crippen LogP contribution in [0.1, 0.15) is 0 Å². The van der Waals surface area contributed by atoms with Crippen molar-refractivity contribution < 1.29 is 8.42 Å². The van der Waals surface area contributed by atoms with E-state index in [1.54, 1.807) is 53.3 Å². The maximum atomic E-state index is 12.0. The number of hydrogen-bond donors (Lipinski definition) is 1. The summed E-state index contributed by atoms with van der Waals surface area (Å²) >= 11 is 1.37. The molecule has 2 aromatic heterocycles. The number of thioether (sulfide) groups is 1. The first kappa shape index (κ1) is 14.9. The third-order valence-electron chi connectivity index (χ3n) is 2.78. The van der Waals surface area contributed by atoms with Crippen LogP contribution in [0, 0.1) is 0 Å². The summed E-state index contributed by atoms with van der Waals surface area (Å²) in [6.45, 7) is 0.297. The molecule has 3 aromatic rings. The zero-order valence-electron chi connectivity index (χ0n) is 11.5. The fourth-order valence-electron chi connectivity index (χ4n) is 1.78. The SMILES string of the molecule is O=S(=O)(NCCSc1nc2ncccn2n1)c1ccccc1. The van der Waals surface area contributed by atoms with Gasteiger partial charge in [0.25, 0.3) is 5.78 Å². The zero-order chi connectivity index (χ0) is 15.4. The Labute approximate surface area is 131 Å². The van der Waals surface area contributed by atoms with Gasteiger partial charge in [-0.2, -0.15) is 4.98 Å². The lowest BCUT2D eigenvalue weighted by atomic mass is 10.4. The Morgan fingerprint density at radius 2 is 2.00 bits per heavy atom. The van der Waals surface area contributed by atoms with Crippen molar-refractivity contribution in [3.05, 3.63) is 48.8 Å². The molecule has 22 heavy (non-hydrogen) atoms. The molecule has 2 heterocycles. The Kier molecular flexibility index (Phi) is 4.36. The Hall–Kier alpha value is -1.97. The van der Waals surface area contributed by atoms with Crippen LogP contribution in [0.25, 0.3) is 5.78 Å². The van der Waals surface area contributed by atoms with Gasteiger partial charge in [-0.15, -0.1) is 5.10 Å². The highest BCUT2D eigenvalue weighted by atomic mass is 32.2. The van der Waals surface area contributed by atoms with E-state index < -0.39 is 10.0 Å². The average Bonchev–Trinajstić information content (AvgIpc) is 2.95. The van der Waals surface area contributed by atoms with E-state index in [9.17, 15) is 8.42 Å². The van der Waals surface area contributed by atoms with Crippen LogP contribution < -0.4 is 4.72 Å². The van der Waals surface area contributed by atoms with Crippen LogP contribution in [0.3, 0.4) is 0 Å². The Morgan fingerprint density at radius 3 is 2.77 bits per heavy atom. The average molecular weight is 335 g/mol. The van der Waals surface area contributed by atoms with Crippen LogP contribution in [0.15, 0.2) is 58.8 Å². The molecule has 0 unspecified atom stereocenters. The van der Waals surface area contributed by atoms with Crippen molar-refractivity contribution in [1.29, 1.82) is 0 Å². The largest absolute Gasteiger partial charge is 0.253 e. The molecule has 0 saturated carbocycles. The summed E-state index contributed by atoms with van der Waals surface area (Å²) < 4.78 is 28.2. The lowest BCUT2D eigenvalue weighted by molar-refractivity contribution is 0.584. The van der Waals surface area contributed by atoms with Gasteiger partial charge in [-0.3, -0.25) is 0 Å². The molecule has 0 aliphatic heterocycles. The third kappa shape index (κ3) is 3.43. The minimum atomic E-state index is -3.46. The van der Waals surface area contributed by atoms with Gasteiger partial charge in [-0.1, -0.05) is 30.0 Å². The van der Waals surface area contributed by atoms with Crippen LogP contribution >= 0.6 is 11.8 Å². The Balaban J connectivity index is 1.55. The van der Waals surface area contributed by atoms with Gasteiger partial charge in [0.2, 0.25) is 15.2 Å². The number of fused-ring (bicyclic) bond motifs is 1. The van der Waals surface area contributed by atoms with Gasteiger partial charge < -0.3 is 0 Å². The van der Waals surface area contributed by atoms with E-state index in [0.717, 1.165) is 0 Å². The molecule has 1 N–H and O–H groups in total. The van der Waals surface area contributed by atoms with Crippen molar-refractivity contribution in [2.24, 2.45) is 0 Å². The van der Waals surface area contributed by atoms with Crippen molar-refractivity contribution in [3.63, 3.8) is 0 Å². The van der Waals surface area contributed by atoms with Gasteiger partial charge >= 0.3 is 0 Å². The number of nitrogens with one attached hydrogen (secondary N) is 1. The van der Waals surface area contributed by atoms with Gasteiger partial charge in [0.05, 0.1) is 4.90 Å². The van der Waals surface area contributed by atoms with Crippen molar-refractivity contribution in [2.75, 3.05) is 12.3 Å². The molecular weight excluding hydrogens is 322 g/mol. The molecule has 0 spiro atoms. The number of aromatic nitrogens is 4. The second-order valence-corrected chi connectivity index (χ2v) is 7.15. The first-order valence-corrected chi connectivity index (χ1v) is 8.97. The predicted molar refractivity (Wildman–Crippen MR) is 83.1 cm³/mol. The van der Waals surface area contributed by atoms with E-state index in [-0.39, 0.29) is 4.90 Å². The van der Waals surface area contributed by atoms with Crippen LogP contribution in [-0.4, -0.2) is 40.3 Å². The number of benzene rings is 1. The number of sulfonamides is 1. The molecule has 0 fully saturated rings. The van der Waals surface area contributed by atoms with Crippen molar-refractivity contribution in [2.45, 2.75) is 10.1 Å². The van der Waals surface area contributed by atoms with Crippen LogP contribution in [0.2, 0.25) is 0 Å². The lowest BCUT2D eigenvalue weighted by Gasteiger charge is -2.05. The molecule has 0 aliphatic carbocycles. The minimum absolute atomic E-state index is 0.259. The maximum absolute atomic E-state index is 12.0. The van der Waals surface area contributed by atoms with E-state index in [4.69, 9.17) is 0 Å². The third-order valence-corrected chi connectivity index (χ3v) is 5.09. The van der Waals surface area contributed by atoms with Gasteiger partial charge in [-0.05, 0) is 18.2 Å². The Morgan fingerprint density at radius 1 is 1.18 bits per heavy atom. The summed E-state index contributed by atoms with van der Waals surface area (Å²) in [5.41, 5.74) is 0. The summed E-state index contributed by atoms with van der Waals surface area (Å²) in [5.74, 6) is 1.05. The summed E-state index contributed by atoms with van der Waals surface area (Å²) in [5, 5.41) is 4.80. The van der Waals surface area contributed by atoms with Gasteiger partial charge in [0.15, 0.2) is 0 Å². The fraction of sp³-hybridized carbons (Fsp3) is 0.154. The van der Waals surface area contributed by atoms with E-state index in [1.807, 2.05) is 0 Å². The molecule has 0 radical (unpaired) electrons. The quantitative estimate of drug-likeness (QED) is 0.538. The summed E-state index contributed by atoms with van der Waals surface area (Å²) in [6.07, 6.45) is 3.41. The maximum Gasteiger partial charge on any atom is 0.253 e. The van der Waals surface area contributed by atoms with Crippen LogP contribution in [0.5, 0.6) is 0 Å². The van der Waals surface area contributed by atoms with Crippen molar-refractivity contribution >= 4 is 27.6 Å². The molecule has 3 rings (SSSR count). The smallest absolute Gasteiger partial charge is 0.220 e. The number of nitrogens with zero attached hydrogens (tertiary/aromatic N) is 4. The van der Waals surface area contributed by atoms with Crippen LogP contribution in [-0.2, 0) is 10.0 Å². The first-order chi connectivity index (χ1) is 10.6. The topological polar surface area (TPSA) is 89.2 Å². The van der Waals surface area contributed by atoms with Gasteiger partial charge in [0.1, 0.15) is 0 Å². The highest BCUT2D eigenvalue weighted by Crippen LogP contribution is 2.13. The Bertz CT molecular complexity index is 831. The summed E-state index contributed by atoms with van der Waals surface area (Å²) in [6, 6.07) is 10.0. The minimum Gasteiger partial charge on any atom is -0.220 e. The number of rotatable bonds is 6. The molecule has 0 amide bonds. The molecule has 7 nitrogen and oxygen atoms in total. The molecule has 0 saturated heterocycles. The predicted octanol–water partition coefficient (Wildman–Crippen LogP) is 1.19. The standard InChI is InChI=1S/C13H13N5O2S2/c19-22(20,11-5-2-1-3-6-11)15-8-10-21-13-16-12-14-7-4-9-18(12)17-13/h1-7,9,15H,8,10H2. The fourth-order valence-corrected chi connectivity index (χ4v) is 3.64. The molecule has 0 atom stereocenters. The normalized spacial score (nSPS) is 11.8. The molecule has 0 bridgehead atoms. The lowest BCUT2D eigenvalue weighted by Crippen LogP contribution is -2.25. The van der Waals surface area contributed by atoms with E-state index in [0.29, 0.717) is 23.2 Å². The molecular formula is C13H13N5O2S2. The molecule has 0 aliphatic rings. The van der Waals surface area contributed by atoms with Gasteiger partial charge in [0, 0.05) is 24.7 Å². The van der Waals surface area contributed by atoms with E-state index >= 15 is 0 Å². The summed E-state index contributed by atoms with van der Waals surface area (Å²) in [7, 11) is -3.46. The number of hydrogen-bond acceptors (Lipinski definition) is 6. The highest BCUT2D eigenvalue weighted by Gasteiger charge is 2.12. The molecule has 1 aromatic carbocycles. The second kappa shape index (κ2) is 6.42. The van der Waals surface area contributed by atoms with Crippen molar-refractivity contribution in [3.8, 4) is 0 Å². The molecule has 114 valence electrons. The van der Waals surface area contributed by atoms with Gasteiger partial charge in [-0.25, -0.2) is 22.6 Å². The second-order valence-electron chi connectivity index (χ2n) is 4.32. The summed E-state index contributed by atoms with van der Waals surface area (Å²) in [4.78, 5) is 8.56. The van der Waals surface area contributed by atoms with Crippen LogP contribution in [0.4, 0.5) is 0 Å². The highest BCUT2D eigenvalue weighted by molar-refractivity contribution is 7.99. The van der Waals surface area contributed by atoms with E-state index in [2.05, 4.69) is 19.8 Å². The van der Waals surface area contributed by atoms with E-state index in [1.165, 1.54) is 11.8 Å². The zero-order valence-corrected chi connectivity index (χ0v) is 13.1. The van der Waals surface area contributed by atoms with Crippen molar-refractivity contribution in [1.82, 2.24) is 24.3 Å². The monoisotopic (exact) mass is 335 g/mol. The molecule has 9 heteroatoms.